The Morgan fingerprint density at radius 2 is 1.46 bits per heavy atom. The predicted molar refractivity (Wildman–Crippen MR) is 244 cm³/mol. The van der Waals surface area contributed by atoms with E-state index in [-0.39, 0.29) is 5.92 Å². The lowest BCUT2D eigenvalue weighted by molar-refractivity contribution is 1.07. The van der Waals surface area contributed by atoms with Crippen LogP contribution in [0.25, 0.3) is 50.3 Å². The van der Waals surface area contributed by atoms with Crippen LogP contribution in [0.3, 0.4) is 0 Å². The molecule has 0 spiro atoms. The zero-order chi connectivity index (χ0) is 38.7. The smallest absolute Gasteiger partial charge is 0.0541 e. The highest BCUT2D eigenvalue weighted by Gasteiger charge is 2.18. The van der Waals surface area contributed by atoms with Gasteiger partial charge in [-0.05, 0) is 109 Å². The van der Waals surface area contributed by atoms with Crippen molar-refractivity contribution in [3.8, 4) is 11.1 Å². The van der Waals surface area contributed by atoms with Crippen molar-refractivity contribution >= 4 is 50.5 Å². The number of aromatic nitrogens is 1. The fraction of sp³-hybridized carbons (Fsp3) is 0.0566. The van der Waals surface area contributed by atoms with Crippen LogP contribution in [0.1, 0.15) is 25.0 Å². The fourth-order valence-electron chi connectivity index (χ4n) is 7.23. The molecule has 1 atom stereocenters. The summed E-state index contributed by atoms with van der Waals surface area (Å²) in [5.41, 5.74) is 18.1. The molecule has 7 rings (SSSR count). The van der Waals surface area contributed by atoms with Crippen molar-refractivity contribution < 1.29 is 0 Å². The molecular weight excluding hydrogens is 679 g/mol. The molecule has 1 aliphatic rings. The molecule has 1 aromatic heterocycles. The van der Waals surface area contributed by atoms with Gasteiger partial charge in [-0.2, -0.15) is 0 Å². The first-order chi connectivity index (χ1) is 27.6. The summed E-state index contributed by atoms with van der Waals surface area (Å²) in [6.45, 7) is 8.37. The second-order valence-corrected chi connectivity index (χ2v) is 13.6. The molecule has 274 valence electrons. The second kappa shape index (κ2) is 17.8. The summed E-state index contributed by atoms with van der Waals surface area (Å²) in [5.74, 6) is 0.161. The summed E-state index contributed by atoms with van der Waals surface area (Å²) < 4.78 is 2.38. The molecule has 56 heavy (non-hydrogen) atoms. The maximum Gasteiger partial charge on any atom is 0.0541 e. The Hall–Kier alpha value is -7.10. The van der Waals surface area contributed by atoms with E-state index in [2.05, 4.69) is 205 Å². The summed E-state index contributed by atoms with van der Waals surface area (Å²) >= 11 is 0. The lowest BCUT2D eigenvalue weighted by Crippen LogP contribution is -2.15. The number of nitrogens with zero attached hydrogens (tertiary/aromatic N) is 2. The molecule has 2 N–H and O–H groups in total. The van der Waals surface area contributed by atoms with Crippen LogP contribution in [0, 0.1) is 5.92 Å². The van der Waals surface area contributed by atoms with Gasteiger partial charge in [0.25, 0.3) is 0 Å². The molecule has 0 saturated heterocycles. The number of anilines is 2. The third kappa shape index (κ3) is 8.18. The van der Waals surface area contributed by atoms with Crippen LogP contribution < -0.4 is 10.6 Å². The summed E-state index contributed by atoms with van der Waals surface area (Å²) in [4.78, 5) is 2.31. The van der Waals surface area contributed by atoms with E-state index < -0.39 is 0 Å². The molecule has 6 aromatic rings. The van der Waals surface area contributed by atoms with Crippen LogP contribution >= 0.6 is 0 Å². The molecule has 0 amide bonds. The molecular formula is C53H47N3. The first-order valence-electron chi connectivity index (χ1n) is 19.1. The number of fused-ring (bicyclic) bond motifs is 3. The molecule has 0 radical (unpaired) electrons. The van der Waals surface area contributed by atoms with Gasteiger partial charge in [0, 0.05) is 33.8 Å². The van der Waals surface area contributed by atoms with E-state index in [9.17, 15) is 0 Å². The number of hydrogen-bond donors (Lipinski definition) is 1. The first-order valence-corrected chi connectivity index (χ1v) is 19.1. The molecule has 1 aliphatic carbocycles. The van der Waals surface area contributed by atoms with Gasteiger partial charge in [-0.15, -0.1) is 0 Å². The van der Waals surface area contributed by atoms with E-state index in [4.69, 9.17) is 5.73 Å². The van der Waals surface area contributed by atoms with E-state index in [1.807, 2.05) is 37.3 Å². The highest BCUT2D eigenvalue weighted by atomic mass is 15.1. The normalized spacial score (nSPS) is 15.2. The Morgan fingerprint density at radius 3 is 2.25 bits per heavy atom. The Balaban J connectivity index is 1.20. The fourth-order valence-corrected chi connectivity index (χ4v) is 7.23. The minimum atomic E-state index is 0.161. The third-order valence-corrected chi connectivity index (χ3v) is 9.96. The topological polar surface area (TPSA) is 34.2 Å². The van der Waals surface area contributed by atoms with Crippen LogP contribution in [0.5, 0.6) is 0 Å². The van der Waals surface area contributed by atoms with Crippen molar-refractivity contribution in [1.29, 1.82) is 0 Å². The lowest BCUT2D eigenvalue weighted by atomic mass is 9.99. The van der Waals surface area contributed by atoms with E-state index in [1.54, 1.807) is 6.20 Å². The highest BCUT2D eigenvalue weighted by Crippen LogP contribution is 2.39. The minimum Gasteiger partial charge on any atom is -0.405 e. The Kier molecular flexibility index (Phi) is 11.8. The number of benzene rings is 5. The number of allylic oxidation sites excluding steroid dienone is 17. The summed E-state index contributed by atoms with van der Waals surface area (Å²) in [5, 5.41) is 2.44. The van der Waals surface area contributed by atoms with E-state index >= 15 is 0 Å². The van der Waals surface area contributed by atoms with Gasteiger partial charge in [-0.25, -0.2) is 0 Å². The zero-order valence-electron chi connectivity index (χ0n) is 32.0. The molecule has 0 aliphatic heterocycles. The van der Waals surface area contributed by atoms with Crippen LogP contribution in [-0.2, 0) is 0 Å². The van der Waals surface area contributed by atoms with Gasteiger partial charge >= 0.3 is 0 Å². The number of hydrogen-bond acceptors (Lipinski definition) is 2. The summed E-state index contributed by atoms with van der Waals surface area (Å²) in [6, 6.07) is 43.0. The minimum absolute atomic E-state index is 0.161. The standard InChI is InChI=1S/C53H47N3/c1-4-6-19-40(3)55(47-25-14-9-15-26-47)53-39-46(32-31-42(53)5-2)45-33-35-52-50(38-45)49-28-16-17-29-51(49)56(52)48-27-18-21-41(30-34-48)20-10-7-11-24-44(36-37-54)43-22-12-8-13-23-43/h4-39,41H,2,54H2,1,3H3/b6-4-,11-7+,20-10+,37-36-,40-19+,44-24+. The van der Waals surface area contributed by atoms with Crippen molar-refractivity contribution in [3.05, 3.63) is 236 Å². The molecule has 0 bridgehead atoms. The highest BCUT2D eigenvalue weighted by molar-refractivity contribution is 6.11. The molecule has 5 aromatic carbocycles. The third-order valence-electron chi connectivity index (χ3n) is 9.96. The zero-order valence-corrected chi connectivity index (χ0v) is 32.0. The maximum absolute atomic E-state index is 5.72. The van der Waals surface area contributed by atoms with Gasteiger partial charge in [-0.1, -0.05) is 158 Å². The predicted octanol–water partition coefficient (Wildman–Crippen LogP) is 14.0. The molecule has 1 unspecified atom stereocenters. The van der Waals surface area contributed by atoms with Crippen molar-refractivity contribution in [2.24, 2.45) is 11.7 Å². The van der Waals surface area contributed by atoms with Gasteiger partial charge in [0.2, 0.25) is 0 Å². The van der Waals surface area contributed by atoms with Crippen LogP contribution in [0.4, 0.5) is 11.4 Å². The quantitative estimate of drug-likeness (QED) is 0.127. The molecule has 3 heteroatoms. The monoisotopic (exact) mass is 725 g/mol. The van der Waals surface area contributed by atoms with Crippen molar-refractivity contribution in [1.82, 2.24) is 4.57 Å². The lowest BCUT2D eigenvalue weighted by Gasteiger charge is -2.28. The second-order valence-electron chi connectivity index (χ2n) is 13.6. The van der Waals surface area contributed by atoms with Crippen molar-refractivity contribution in [2.45, 2.75) is 13.8 Å². The van der Waals surface area contributed by atoms with E-state index in [0.29, 0.717) is 0 Å². The van der Waals surface area contributed by atoms with Crippen LogP contribution in [0.15, 0.2) is 225 Å². The van der Waals surface area contributed by atoms with Gasteiger partial charge in [0.1, 0.15) is 0 Å². The number of rotatable bonds is 12. The van der Waals surface area contributed by atoms with E-state index in [1.165, 1.54) is 21.8 Å². The van der Waals surface area contributed by atoms with Gasteiger partial charge in [0.15, 0.2) is 0 Å². The van der Waals surface area contributed by atoms with Crippen molar-refractivity contribution in [3.63, 3.8) is 0 Å². The Morgan fingerprint density at radius 1 is 0.732 bits per heavy atom. The van der Waals surface area contributed by atoms with E-state index in [0.717, 1.165) is 50.6 Å². The average Bonchev–Trinajstić information content (AvgIpc) is 3.39. The number of nitrogens with two attached hydrogens (primary N) is 1. The molecule has 1 heterocycles. The molecule has 0 saturated carbocycles. The summed E-state index contributed by atoms with van der Waals surface area (Å²) in [7, 11) is 0. The summed E-state index contributed by atoms with van der Waals surface area (Å²) in [6.07, 6.45) is 33.3. The van der Waals surface area contributed by atoms with Crippen LogP contribution in [0.2, 0.25) is 0 Å². The van der Waals surface area contributed by atoms with Gasteiger partial charge < -0.3 is 15.2 Å². The first kappa shape index (κ1) is 37.2. The Bertz CT molecular complexity index is 2620. The Labute approximate surface area is 331 Å². The molecule has 0 fully saturated rings. The average molecular weight is 726 g/mol. The number of para-hydroxylation sites is 2. The van der Waals surface area contributed by atoms with Gasteiger partial charge in [-0.3, -0.25) is 0 Å². The van der Waals surface area contributed by atoms with Gasteiger partial charge in [0.05, 0.1) is 16.7 Å². The largest absolute Gasteiger partial charge is 0.405 e. The van der Waals surface area contributed by atoms with Crippen molar-refractivity contribution in [2.75, 3.05) is 4.90 Å². The molecule has 3 nitrogen and oxygen atoms in total. The van der Waals surface area contributed by atoms with Crippen LogP contribution in [-0.4, -0.2) is 4.57 Å². The maximum atomic E-state index is 5.72. The SMILES string of the molecule is C=Cc1ccc(-c2ccc3c(c2)c2ccccc2n3C2=CC=CC(/C=C/C=C/C=C(\C=C/N)c3ccccc3)C=C2)cc1N(/C(C)=C/C=C\C)c1ccccc1.